The summed E-state index contributed by atoms with van der Waals surface area (Å²) in [6.07, 6.45) is 3.76. The summed E-state index contributed by atoms with van der Waals surface area (Å²) in [5.41, 5.74) is 2.16. The van der Waals surface area contributed by atoms with Crippen LogP contribution >= 0.6 is 0 Å². The first-order valence-corrected chi connectivity index (χ1v) is 9.43. The molecule has 6 heteroatoms. The molecule has 1 N–H and O–H groups in total. The second kappa shape index (κ2) is 8.66. The largest absolute Gasteiger partial charge is 0.366 e. The molecule has 1 amide bonds. The average Bonchev–Trinajstić information content (AvgIpc) is 3.21. The van der Waals surface area contributed by atoms with Gasteiger partial charge in [0.2, 0.25) is 0 Å². The van der Waals surface area contributed by atoms with Gasteiger partial charge in [-0.25, -0.2) is 0 Å². The number of amides is 1. The van der Waals surface area contributed by atoms with Crippen LogP contribution in [0.5, 0.6) is 0 Å². The number of nitrogens with zero attached hydrogens (tertiary/aromatic N) is 2. The maximum absolute atomic E-state index is 12.5. The van der Waals surface area contributed by atoms with E-state index in [1.165, 1.54) is 11.6 Å². The van der Waals surface area contributed by atoms with E-state index in [9.17, 15) is 14.9 Å². The Morgan fingerprint density at radius 2 is 1.89 bits per heavy atom. The van der Waals surface area contributed by atoms with Crippen molar-refractivity contribution >= 4 is 17.3 Å². The number of carbonyl (C=O) groups is 1. The van der Waals surface area contributed by atoms with E-state index in [1.54, 1.807) is 12.1 Å². The van der Waals surface area contributed by atoms with Crippen LogP contribution in [0.1, 0.15) is 42.1 Å². The molecule has 1 atom stereocenters. The molecule has 1 fully saturated rings. The van der Waals surface area contributed by atoms with Crippen LogP contribution in [0, 0.1) is 10.1 Å². The first kappa shape index (κ1) is 18.9. The maximum Gasteiger partial charge on any atom is 0.293 e. The molecular weight excluding hydrogens is 342 g/mol. The number of aryl methyl sites for hydroxylation is 1. The van der Waals surface area contributed by atoms with Crippen molar-refractivity contribution in [1.29, 1.82) is 0 Å². The highest BCUT2D eigenvalue weighted by molar-refractivity contribution is 5.96. The zero-order chi connectivity index (χ0) is 19.2. The molecule has 0 aliphatic carbocycles. The fourth-order valence-electron chi connectivity index (χ4n) is 3.44. The monoisotopic (exact) mass is 367 g/mol. The molecule has 0 spiro atoms. The van der Waals surface area contributed by atoms with Crippen LogP contribution in [0.2, 0.25) is 0 Å². The van der Waals surface area contributed by atoms with Crippen molar-refractivity contribution in [1.82, 2.24) is 5.32 Å². The molecule has 1 unspecified atom stereocenters. The predicted molar refractivity (Wildman–Crippen MR) is 106 cm³/mol. The van der Waals surface area contributed by atoms with Gasteiger partial charge in [-0.05, 0) is 50.3 Å². The summed E-state index contributed by atoms with van der Waals surface area (Å²) in [6.45, 7) is 3.60. The Morgan fingerprint density at radius 3 is 2.56 bits per heavy atom. The molecule has 0 saturated carbocycles. The SMILES string of the molecule is CC(CCc1ccccc1)NC(=O)c1ccc(N2CCCC2)c([N+](=O)[O-])c1. The smallest absolute Gasteiger partial charge is 0.293 e. The molecule has 1 heterocycles. The van der Waals surface area contributed by atoms with Gasteiger partial charge in [-0.3, -0.25) is 14.9 Å². The topological polar surface area (TPSA) is 75.5 Å². The Bertz CT molecular complexity index is 802. The van der Waals surface area contributed by atoms with E-state index in [0.717, 1.165) is 38.8 Å². The number of rotatable bonds is 7. The molecule has 2 aromatic carbocycles. The molecule has 6 nitrogen and oxygen atoms in total. The molecule has 27 heavy (non-hydrogen) atoms. The van der Waals surface area contributed by atoms with Crippen LogP contribution < -0.4 is 10.2 Å². The molecule has 0 radical (unpaired) electrons. The van der Waals surface area contributed by atoms with Crippen molar-refractivity contribution in [2.24, 2.45) is 0 Å². The number of anilines is 1. The summed E-state index contributed by atoms with van der Waals surface area (Å²) in [5, 5.41) is 14.4. The van der Waals surface area contributed by atoms with Crippen LogP contribution in [0.25, 0.3) is 0 Å². The Labute approximate surface area is 159 Å². The fraction of sp³-hybridized carbons (Fsp3) is 0.381. The van der Waals surface area contributed by atoms with Crippen LogP contribution in [-0.4, -0.2) is 30.0 Å². The Morgan fingerprint density at radius 1 is 1.19 bits per heavy atom. The second-order valence-electron chi connectivity index (χ2n) is 7.05. The Kier molecular flexibility index (Phi) is 6.06. The molecule has 0 bridgehead atoms. The lowest BCUT2D eigenvalue weighted by molar-refractivity contribution is -0.384. The van der Waals surface area contributed by atoms with Crippen LogP contribution in [0.4, 0.5) is 11.4 Å². The molecule has 3 rings (SSSR count). The van der Waals surface area contributed by atoms with Gasteiger partial charge in [0.15, 0.2) is 0 Å². The average molecular weight is 367 g/mol. The van der Waals surface area contributed by atoms with Gasteiger partial charge in [0.1, 0.15) is 5.69 Å². The fourth-order valence-corrected chi connectivity index (χ4v) is 3.44. The zero-order valence-corrected chi connectivity index (χ0v) is 15.6. The minimum atomic E-state index is -0.400. The van der Waals surface area contributed by atoms with Crippen molar-refractivity contribution in [3.8, 4) is 0 Å². The first-order valence-electron chi connectivity index (χ1n) is 9.43. The highest BCUT2D eigenvalue weighted by Gasteiger charge is 2.24. The molecule has 1 aliphatic rings. The molecule has 2 aromatic rings. The van der Waals surface area contributed by atoms with Gasteiger partial charge in [0, 0.05) is 30.8 Å². The number of benzene rings is 2. The number of hydrogen-bond acceptors (Lipinski definition) is 4. The van der Waals surface area contributed by atoms with Crippen LogP contribution in [-0.2, 0) is 6.42 Å². The summed E-state index contributed by atoms with van der Waals surface area (Å²) in [4.78, 5) is 25.6. The lowest BCUT2D eigenvalue weighted by Crippen LogP contribution is -2.33. The van der Waals surface area contributed by atoms with E-state index in [4.69, 9.17) is 0 Å². The summed E-state index contributed by atoms with van der Waals surface area (Å²) >= 11 is 0. The molecule has 0 aromatic heterocycles. The lowest BCUT2D eigenvalue weighted by Gasteiger charge is -2.18. The molecular formula is C21H25N3O3. The standard InChI is InChI=1S/C21H25N3O3/c1-16(9-10-17-7-3-2-4-8-17)22-21(25)18-11-12-19(20(15-18)24(26)27)23-13-5-6-14-23/h2-4,7-8,11-12,15-16H,5-6,9-10,13-14H2,1H3,(H,22,25). The number of nitro groups is 1. The van der Waals surface area contributed by atoms with E-state index < -0.39 is 4.92 Å². The number of carbonyl (C=O) groups excluding carboxylic acids is 1. The third-order valence-corrected chi connectivity index (χ3v) is 4.97. The van der Waals surface area contributed by atoms with Gasteiger partial charge in [-0.1, -0.05) is 30.3 Å². The number of hydrogen-bond donors (Lipinski definition) is 1. The summed E-state index contributed by atoms with van der Waals surface area (Å²) in [5.74, 6) is -0.272. The van der Waals surface area contributed by atoms with Crippen LogP contribution in [0.3, 0.4) is 0 Å². The minimum absolute atomic E-state index is 0.00138. The molecule has 142 valence electrons. The third-order valence-electron chi connectivity index (χ3n) is 4.97. The van der Waals surface area contributed by atoms with E-state index in [2.05, 4.69) is 17.4 Å². The number of nitrogens with one attached hydrogen (secondary N) is 1. The van der Waals surface area contributed by atoms with Gasteiger partial charge in [-0.15, -0.1) is 0 Å². The lowest BCUT2D eigenvalue weighted by atomic mass is 10.1. The quantitative estimate of drug-likeness (QED) is 0.594. The van der Waals surface area contributed by atoms with E-state index >= 15 is 0 Å². The van der Waals surface area contributed by atoms with Crippen molar-refractivity contribution in [2.75, 3.05) is 18.0 Å². The first-order chi connectivity index (χ1) is 13.0. The highest BCUT2D eigenvalue weighted by Crippen LogP contribution is 2.31. The van der Waals surface area contributed by atoms with Crippen molar-refractivity contribution in [2.45, 2.75) is 38.6 Å². The summed E-state index contributed by atoms with van der Waals surface area (Å²) in [6, 6.07) is 14.9. The number of nitro benzene ring substituents is 1. The van der Waals surface area contributed by atoms with E-state index in [0.29, 0.717) is 11.3 Å². The second-order valence-corrected chi connectivity index (χ2v) is 7.05. The van der Waals surface area contributed by atoms with Gasteiger partial charge >= 0.3 is 0 Å². The van der Waals surface area contributed by atoms with Gasteiger partial charge in [0.05, 0.1) is 4.92 Å². The van der Waals surface area contributed by atoms with Gasteiger partial charge in [-0.2, -0.15) is 0 Å². The Hall–Kier alpha value is -2.89. The summed E-state index contributed by atoms with van der Waals surface area (Å²) < 4.78 is 0. The van der Waals surface area contributed by atoms with Crippen molar-refractivity contribution < 1.29 is 9.72 Å². The zero-order valence-electron chi connectivity index (χ0n) is 15.6. The third kappa shape index (κ3) is 4.84. The highest BCUT2D eigenvalue weighted by atomic mass is 16.6. The molecule has 1 saturated heterocycles. The predicted octanol–water partition coefficient (Wildman–Crippen LogP) is 3.95. The normalized spacial score (nSPS) is 14.8. The molecule has 1 aliphatic heterocycles. The van der Waals surface area contributed by atoms with E-state index in [-0.39, 0.29) is 17.6 Å². The Balaban J connectivity index is 1.65. The van der Waals surface area contributed by atoms with E-state index in [1.807, 2.05) is 30.0 Å². The van der Waals surface area contributed by atoms with Crippen LogP contribution in [0.15, 0.2) is 48.5 Å². The summed E-state index contributed by atoms with van der Waals surface area (Å²) in [7, 11) is 0. The van der Waals surface area contributed by atoms with Gasteiger partial charge in [0.25, 0.3) is 11.6 Å². The minimum Gasteiger partial charge on any atom is -0.366 e. The van der Waals surface area contributed by atoms with Crippen molar-refractivity contribution in [3.63, 3.8) is 0 Å². The van der Waals surface area contributed by atoms with Gasteiger partial charge < -0.3 is 10.2 Å². The maximum atomic E-state index is 12.5. The van der Waals surface area contributed by atoms with Crippen molar-refractivity contribution in [3.05, 3.63) is 69.8 Å².